The maximum Gasteiger partial charge on any atom is 0.309 e. The van der Waals surface area contributed by atoms with Crippen LogP contribution in [-0.4, -0.2) is 72.9 Å². The van der Waals surface area contributed by atoms with Crippen molar-refractivity contribution < 1.29 is 37.5 Å². The Bertz CT molecular complexity index is 1240. The van der Waals surface area contributed by atoms with Crippen LogP contribution < -0.4 is 10.2 Å². The van der Waals surface area contributed by atoms with Gasteiger partial charge in [0.05, 0.1) is 17.4 Å². The molecule has 11 nitrogen and oxygen atoms in total. The second-order valence-corrected chi connectivity index (χ2v) is 11.7. The molecule has 1 heterocycles. The quantitative estimate of drug-likeness (QED) is 0.223. The molecule has 2 aromatic rings. The number of sulfonamides is 1. The molecule has 0 spiro atoms. The van der Waals surface area contributed by atoms with Gasteiger partial charge in [-0.15, -0.1) is 0 Å². The molecule has 0 saturated carbocycles. The molecule has 0 bridgehead atoms. The molecule has 1 unspecified atom stereocenters. The van der Waals surface area contributed by atoms with E-state index in [1.807, 2.05) is 18.2 Å². The molecule has 1 aliphatic heterocycles. The average Bonchev–Trinajstić information content (AvgIpc) is 2.95. The van der Waals surface area contributed by atoms with Crippen LogP contribution in [0.15, 0.2) is 59.5 Å². The van der Waals surface area contributed by atoms with Gasteiger partial charge >= 0.3 is 5.97 Å². The van der Waals surface area contributed by atoms with Crippen molar-refractivity contribution in [1.29, 1.82) is 0 Å². The van der Waals surface area contributed by atoms with Crippen LogP contribution in [0.2, 0.25) is 0 Å². The van der Waals surface area contributed by atoms with Gasteiger partial charge in [-0.25, -0.2) is 13.9 Å². The first kappa shape index (κ1) is 31.1. The number of ether oxygens (including phenoxy) is 2. The van der Waals surface area contributed by atoms with Gasteiger partial charge in [-0.3, -0.25) is 19.6 Å². The third-order valence-electron chi connectivity index (χ3n) is 6.74. The van der Waals surface area contributed by atoms with E-state index in [0.717, 1.165) is 4.31 Å². The summed E-state index contributed by atoms with van der Waals surface area (Å²) in [5.74, 6) is -1.24. The van der Waals surface area contributed by atoms with Gasteiger partial charge in [-0.05, 0) is 62.1 Å². The Morgan fingerprint density at radius 3 is 2.17 bits per heavy atom. The zero-order valence-electron chi connectivity index (χ0n) is 23.0. The number of nitrogens with zero attached hydrogens (tertiary/aromatic N) is 2. The molecule has 12 heteroatoms. The van der Waals surface area contributed by atoms with Crippen molar-refractivity contribution in [2.75, 3.05) is 26.2 Å². The predicted molar refractivity (Wildman–Crippen MR) is 146 cm³/mol. The van der Waals surface area contributed by atoms with Crippen LogP contribution in [0, 0.1) is 11.8 Å². The number of amides is 2. The van der Waals surface area contributed by atoms with E-state index in [9.17, 15) is 28.0 Å². The third-order valence-corrected chi connectivity index (χ3v) is 8.64. The summed E-state index contributed by atoms with van der Waals surface area (Å²) < 4.78 is 39.3. The maximum atomic E-state index is 13.8. The van der Waals surface area contributed by atoms with Gasteiger partial charge in [-0.2, -0.15) is 4.31 Å². The summed E-state index contributed by atoms with van der Waals surface area (Å²) in [7, 11) is -4.27. The number of para-hydroxylation sites is 1. The fourth-order valence-electron chi connectivity index (χ4n) is 4.67. The number of hydroxylamine groups is 1. The van der Waals surface area contributed by atoms with E-state index in [2.05, 4.69) is 0 Å². The molecule has 1 saturated heterocycles. The van der Waals surface area contributed by atoms with E-state index >= 15 is 0 Å². The lowest BCUT2D eigenvalue weighted by molar-refractivity contribution is -0.151. The smallest absolute Gasteiger partial charge is 0.309 e. The summed E-state index contributed by atoms with van der Waals surface area (Å²) in [5, 5.41) is 9.35. The second kappa shape index (κ2) is 14.2. The summed E-state index contributed by atoms with van der Waals surface area (Å²) in [5.41, 5.74) is 1.56. The largest absolute Gasteiger partial charge is 0.466 e. The van der Waals surface area contributed by atoms with Crippen LogP contribution in [0.1, 0.15) is 40.0 Å². The average molecular weight is 576 g/mol. The van der Waals surface area contributed by atoms with E-state index in [0.29, 0.717) is 44.0 Å². The second-order valence-electron chi connectivity index (χ2n) is 9.82. The lowest BCUT2D eigenvalue weighted by atomic mass is 9.97. The minimum Gasteiger partial charge on any atom is -0.466 e. The Labute approximate surface area is 235 Å². The Morgan fingerprint density at radius 2 is 1.62 bits per heavy atom. The van der Waals surface area contributed by atoms with E-state index in [1.165, 1.54) is 24.3 Å². The normalized spacial score (nSPS) is 15.1. The van der Waals surface area contributed by atoms with Crippen LogP contribution >= 0.6 is 0 Å². The van der Waals surface area contributed by atoms with E-state index in [1.54, 1.807) is 43.3 Å². The molecular formula is C28H37N3O8S. The third kappa shape index (κ3) is 7.80. The Morgan fingerprint density at radius 1 is 1.02 bits per heavy atom. The minimum absolute atomic E-state index is 0.0907. The van der Waals surface area contributed by atoms with Crippen LogP contribution in [0.25, 0.3) is 0 Å². The summed E-state index contributed by atoms with van der Waals surface area (Å²) in [4.78, 5) is 39.2. The monoisotopic (exact) mass is 575 g/mol. The number of nitrogens with one attached hydrogen (secondary N) is 1. The Hall–Kier alpha value is -3.48. The maximum absolute atomic E-state index is 13.8. The van der Waals surface area contributed by atoms with Gasteiger partial charge in [-0.1, -0.05) is 32.0 Å². The number of carbonyl (C=O) groups excluding carboxylic acids is 3. The first-order valence-electron chi connectivity index (χ1n) is 13.3. The highest BCUT2D eigenvalue weighted by molar-refractivity contribution is 7.89. The highest BCUT2D eigenvalue weighted by atomic mass is 32.2. The molecule has 1 aliphatic rings. The van der Waals surface area contributed by atoms with E-state index < -0.39 is 27.9 Å². The summed E-state index contributed by atoms with van der Waals surface area (Å²) in [6.07, 6.45) is 0.748. The number of piperidine rings is 1. The molecule has 2 N–H and O–H groups in total. The molecule has 1 atom stereocenters. The number of esters is 1. The number of carbonyl (C=O) groups is 3. The standard InChI is InChI=1S/C28H37N3O8S/c1-4-38-28(34)21-14-17-30(18-15-21)25(32)16-19-31(26(20(2)3)27(33)29-35)40(36,37)24-12-10-23(11-13-24)39-22-8-6-5-7-9-22/h5-13,20-21,26,35H,4,14-19H2,1-3H3,(H,29,33). The number of benzene rings is 2. The van der Waals surface area contributed by atoms with Crippen LogP contribution in [0.5, 0.6) is 11.5 Å². The Kier molecular flexibility index (Phi) is 11.1. The molecule has 40 heavy (non-hydrogen) atoms. The number of likely N-dealkylation sites (tertiary alicyclic amines) is 1. The fourth-order valence-corrected chi connectivity index (χ4v) is 6.39. The molecule has 2 amide bonds. The van der Waals surface area contributed by atoms with Crippen LogP contribution in [0.4, 0.5) is 0 Å². The van der Waals surface area contributed by atoms with Crippen molar-refractivity contribution >= 4 is 27.8 Å². The van der Waals surface area contributed by atoms with Crippen molar-refractivity contribution in [3.63, 3.8) is 0 Å². The molecule has 0 radical (unpaired) electrons. The number of rotatable bonds is 12. The molecule has 2 aromatic carbocycles. The van der Waals surface area contributed by atoms with Gasteiger partial charge in [0.15, 0.2) is 0 Å². The first-order chi connectivity index (χ1) is 19.1. The van der Waals surface area contributed by atoms with E-state index in [4.69, 9.17) is 9.47 Å². The van der Waals surface area contributed by atoms with Crippen LogP contribution in [-0.2, 0) is 29.1 Å². The number of hydrogen-bond acceptors (Lipinski definition) is 8. The van der Waals surface area contributed by atoms with Gasteiger partial charge in [0.1, 0.15) is 17.5 Å². The predicted octanol–water partition coefficient (Wildman–Crippen LogP) is 3.19. The minimum atomic E-state index is -4.27. The topological polar surface area (TPSA) is 143 Å². The van der Waals surface area contributed by atoms with E-state index in [-0.39, 0.29) is 35.7 Å². The van der Waals surface area contributed by atoms with Gasteiger partial charge in [0, 0.05) is 26.1 Å². The molecule has 218 valence electrons. The van der Waals surface area contributed by atoms with Crippen molar-refractivity contribution in [2.45, 2.75) is 51.0 Å². The molecular weight excluding hydrogens is 538 g/mol. The van der Waals surface area contributed by atoms with Crippen molar-refractivity contribution in [2.24, 2.45) is 11.8 Å². The molecule has 0 aliphatic carbocycles. The molecule has 0 aromatic heterocycles. The van der Waals surface area contributed by atoms with Gasteiger partial charge in [0.25, 0.3) is 5.91 Å². The SMILES string of the molecule is CCOC(=O)C1CCN(C(=O)CCN(C(C(=O)NO)C(C)C)S(=O)(=O)c2ccc(Oc3ccccc3)cc2)CC1. The van der Waals surface area contributed by atoms with Crippen molar-refractivity contribution in [3.8, 4) is 11.5 Å². The zero-order chi connectivity index (χ0) is 29.3. The Balaban J connectivity index is 1.77. The zero-order valence-corrected chi connectivity index (χ0v) is 23.8. The lowest BCUT2D eigenvalue weighted by Gasteiger charge is -2.34. The van der Waals surface area contributed by atoms with Gasteiger partial charge < -0.3 is 14.4 Å². The highest BCUT2D eigenvalue weighted by Crippen LogP contribution is 2.27. The highest BCUT2D eigenvalue weighted by Gasteiger charge is 2.38. The molecule has 3 rings (SSSR count). The van der Waals surface area contributed by atoms with Crippen molar-refractivity contribution in [3.05, 3.63) is 54.6 Å². The molecule has 1 fully saturated rings. The lowest BCUT2D eigenvalue weighted by Crippen LogP contribution is -2.52. The summed E-state index contributed by atoms with van der Waals surface area (Å²) >= 11 is 0. The van der Waals surface area contributed by atoms with Crippen molar-refractivity contribution in [1.82, 2.24) is 14.7 Å². The fraction of sp³-hybridized carbons (Fsp3) is 0.464. The summed E-state index contributed by atoms with van der Waals surface area (Å²) in [6, 6.07) is 13.5. The first-order valence-corrected chi connectivity index (χ1v) is 14.8. The van der Waals surface area contributed by atoms with Gasteiger partial charge in [0.2, 0.25) is 15.9 Å². The van der Waals surface area contributed by atoms with Crippen LogP contribution in [0.3, 0.4) is 0 Å². The summed E-state index contributed by atoms with van der Waals surface area (Å²) in [6.45, 7) is 5.76. The number of hydrogen-bond donors (Lipinski definition) is 2.